The van der Waals surface area contributed by atoms with Crippen LogP contribution in [0, 0.1) is 5.82 Å². The van der Waals surface area contributed by atoms with Crippen molar-refractivity contribution in [3.8, 4) is 0 Å². The monoisotopic (exact) mass is 448 g/mol. The van der Waals surface area contributed by atoms with Crippen molar-refractivity contribution in [3.05, 3.63) is 52.1 Å². The van der Waals surface area contributed by atoms with Gasteiger partial charge in [0, 0.05) is 32.3 Å². The highest BCUT2D eigenvalue weighted by Crippen LogP contribution is 2.22. The van der Waals surface area contributed by atoms with Gasteiger partial charge in [-0.3, -0.25) is 4.79 Å². The van der Waals surface area contributed by atoms with Crippen molar-refractivity contribution in [2.24, 2.45) is 0 Å². The van der Waals surface area contributed by atoms with Crippen molar-refractivity contribution in [3.63, 3.8) is 0 Å². The molecule has 2 aromatic rings. The maximum Gasteiger partial charge on any atom is 0.318 e. The fraction of sp³-hybridized carbons (Fsp3) is 0.429. The standard InChI is InChI=1S/C21H26ClFN6O2/c1-12(2)26-20-25-9-15-6-7-29(11-19(15)27-20)21(31)28-18(10-24-13(3)30)14-4-5-17(23)16(22)8-14/h4-5,8-9,12,18H,6-7,10-11H2,1-3H3,(H,24,30)(H,28,31)(H,25,26,27)/t18-/m1/s1. The largest absolute Gasteiger partial charge is 0.354 e. The van der Waals surface area contributed by atoms with Crippen molar-refractivity contribution >= 4 is 29.5 Å². The molecule has 1 aliphatic heterocycles. The molecule has 3 amide bonds. The Labute approximate surface area is 185 Å². The molecule has 10 heteroatoms. The molecule has 0 bridgehead atoms. The van der Waals surface area contributed by atoms with Gasteiger partial charge in [-0.2, -0.15) is 0 Å². The number of fused-ring (bicyclic) bond motifs is 1. The summed E-state index contributed by atoms with van der Waals surface area (Å²) in [5.74, 6) is -0.255. The number of anilines is 1. The van der Waals surface area contributed by atoms with Crippen LogP contribution >= 0.6 is 11.6 Å². The lowest BCUT2D eigenvalue weighted by Gasteiger charge is -2.30. The van der Waals surface area contributed by atoms with E-state index in [0.29, 0.717) is 31.0 Å². The number of rotatable bonds is 6. The van der Waals surface area contributed by atoms with Gasteiger partial charge in [0.15, 0.2) is 0 Å². The minimum Gasteiger partial charge on any atom is -0.354 e. The molecule has 3 N–H and O–H groups in total. The van der Waals surface area contributed by atoms with E-state index >= 15 is 0 Å². The number of carbonyl (C=O) groups is 2. The molecule has 0 unspecified atom stereocenters. The van der Waals surface area contributed by atoms with Crippen molar-refractivity contribution in [1.29, 1.82) is 0 Å². The van der Waals surface area contributed by atoms with Crippen LogP contribution in [0.4, 0.5) is 15.1 Å². The third-order valence-corrected chi connectivity index (χ3v) is 5.14. The maximum absolute atomic E-state index is 13.6. The van der Waals surface area contributed by atoms with Crippen molar-refractivity contribution < 1.29 is 14.0 Å². The fourth-order valence-electron chi connectivity index (χ4n) is 3.27. The smallest absolute Gasteiger partial charge is 0.318 e. The Morgan fingerprint density at radius 3 is 2.77 bits per heavy atom. The van der Waals surface area contributed by atoms with Crippen LogP contribution in [0.5, 0.6) is 0 Å². The molecule has 0 radical (unpaired) electrons. The van der Waals surface area contributed by atoms with Gasteiger partial charge in [-0.1, -0.05) is 17.7 Å². The number of nitrogens with zero attached hydrogens (tertiary/aromatic N) is 3. The second-order valence-corrected chi connectivity index (χ2v) is 8.16. The van der Waals surface area contributed by atoms with E-state index in [9.17, 15) is 14.0 Å². The zero-order chi connectivity index (χ0) is 22.5. The van der Waals surface area contributed by atoms with E-state index in [0.717, 1.165) is 11.3 Å². The Bertz CT molecular complexity index is 971. The molecule has 0 spiro atoms. The van der Waals surface area contributed by atoms with Crippen LogP contribution in [-0.2, 0) is 17.8 Å². The molecule has 1 atom stereocenters. The van der Waals surface area contributed by atoms with Crippen LogP contribution in [0.25, 0.3) is 0 Å². The zero-order valence-electron chi connectivity index (χ0n) is 17.7. The van der Waals surface area contributed by atoms with E-state index in [2.05, 4.69) is 25.9 Å². The summed E-state index contributed by atoms with van der Waals surface area (Å²) in [5.41, 5.74) is 2.40. The minimum absolute atomic E-state index is 0.0478. The normalized spacial score (nSPS) is 14.1. The summed E-state index contributed by atoms with van der Waals surface area (Å²) < 4.78 is 13.6. The highest BCUT2D eigenvalue weighted by Gasteiger charge is 2.25. The van der Waals surface area contributed by atoms with Gasteiger partial charge in [0.05, 0.1) is 23.3 Å². The first-order valence-corrected chi connectivity index (χ1v) is 10.5. The molecular weight excluding hydrogens is 423 g/mol. The number of halogens is 2. The first-order chi connectivity index (χ1) is 14.7. The molecule has 166 valence electrons. The number of hydrogen-bond donors (Lipinski definition) is 3. The fourth-order valence-corrected chi connectivity index (χ4v) is 3.46. The molecule has 2 heterocycles. The molecule has 1 aromatic carbocycles. The average molecular weight is 449 g/mol. The number of hydrogen-bond acceptors (Lipinski definition) is 5. The number of benzene rings is 1. The summed E-state index contributed by atoms with van der Waals surface area (Å²) in [6, 6.07) is 3.54. The number of amides is 3. The Morgan fingerprint density at radius 1 is 1.32 bits per heavy atom. The third-order valence-electron chi connectivity index (χ3n) is 4.85. The summed E-state index contributed by atoms with van der Waals surface area (Å²) >= 11 is 5.91. The molecular formula is C21H26ClFN6O2. The Morgan fingerprint density at radius 2 is 2.10 bits per heavy atom. The highest BCUT2D eigenvalue weighted by molar-refractivity contribution is 6.30. The molecule has 8 nitrogen and oxygen atoms in total. The van der Waals surface area contributed by atoms with E-state index in [1.807, 2.05) is 13.8 Å². The second kappa shape index (κ2) is 9.91. The van der Waals surface area contributed by atoms with E-state index in [1.54, 1.807) is 11.1 Å². The van der Waals surface area contributed by atoms with Gasteiger partial charge in [0.25, 0.3) is 0 Å². The topological polar surface area (TPSA) is 99.3 Å². The van der Waals surface area contributed by atoms with Gasteiger partial charge >= 0.3 is 6.03 Å². The van der Waals surface area contributed by atoms with Crippen molar-refractivity contribution in [2.75, 3.05) is 18.4 Å². The Kier molecular flexibility index (Phi) is 7.27. The van der Waals surface area contributed by atoms with Gasteiger partial charge in [-0.05, 0) is 43.5 Å². The lowest BCUT2D eigenvalue weighted by atomic mass is 10.1. The van der Waals surface area contributed by atoms with E-state index in [1.165, 1.54) is 25.1 Å². The predicted molar refractivity (Wildman–Crippen MR) is 116 cm³/mol. The SMILES string of the molecule is CC(=O)NC[C@@H](NC(=O)N1CCc2cnc(NC(C)C)nc2C1)c1ccc(F)c(Cl)c1. The zero-order valence-corrected chi connectivity index (χ0v) is 18.5. The van der Waals surface area contributed by atoms with E-state index in [4.69, 9.17) is 11.6 Å². The van der Waals surface area contributed by atoms with Crippen molar-refractivity contribution in [2.45, 2.75) is 45.8 Å². The first-order valence-electron chi connectivity index (χ1n) is 10.1. The van der Waals surface area contributed by atoms with Crippen molar-refractivity contribution in [1.82, 2.24) is 25.5 Å². The van der Waals surface area contributed by atoms with Gasteiger partial charge in [-0.25, -0.2) is 19.2 Å². The lowest BCUT2D eigenvalue weighted by molar-refractivity contribution is -0.119. The van der Waals surface area contributed by atoms with Crippen LogP contribution in [0.1, 0.15) is 43.6 Å². The quantitative estimate of drug-likeness (QED) is 0.630. The number of urea groups is 1. The number of aromatic nitrogens is 2. The Balaban J connectivity index is 1.74. The molecule has 1 aromatic heterocycles. The number of carbonyl (C=O) groups excluding carboxylic acids is 2. The molecule has 3 rings (SSSR count). The number of nitrogens with one attached hydrogen (secondary N) is 3. The van der Waals surface area contributed by atoms with E-state index in [-0.39, 0.29) is 29.5 Å². The third kappa shape index (κ3) is 6.04. The van der Waals surface area contributed by atoms with Gasteiger partial charge in [-0.15, -0.1) is 0 Å². The molecule has 31 heavy (non-hydrogen) atoms. The molecule has 0 fully saturated rings. The predicted octanol–water partition coefficient (Wildman–Crippen LogP) is 3.03. The summed E-state index contributed by atoms with van der Waals surface area (Å²) in [6.45, 7) is 6.39. The van der Waals surface area contributed by atoms with Crippen LogP contribution in [0.15, 0.2) is 24.4 Å². The molecule has 0 saturated carbocycles. The summed E-state index contributed by atoms with van der Waals surface area (Å²) in [7, 11) is 0. The highest BCUT2D eigenvalue weighted by atomic mass is 35.5. The molecule has 0 aliphatic carbocycles. The molecule has 0 saturated heterocycles. The molecule has 1 aliphatic rings. The average Bonchev–Trinajstić information content (AvgIpc) is 2.72. The van der Waals surface area contributed by atoms with Crippen LogP contribution in [0.3, 0.4) is 0 Å². The van der Waals surface area contributed by atoms with E-state index < -0.39 is 11.9 Å². The lowest BCUT2D eigenvalue weighted by Crippen LogP contribution is -2.46. The van der Waals surface area contributed by atoms with Gasteiger partial charge < -0.3 is 20.9 Å². The summed E-state index contributed by atoms with van der Waals surface area (Å²) in [6.07, 6.45) is 2.44. The van der Waals surface area contributed by atoms with Gasteiger partial charge in [0.2, 0.25) is 11.9 Å². The summed E-state index contributed by atoms with van der Waals surface area (Å²) in [5, 5.41) is 8.72. The van der Waals surface area contributed by atoms with Crippen LogP contribution in [0.2, 0.25) is 5.02 Å². The van der Waals surface area contributed by atoms with Crippen LogP contribution in [-0.4, -0.2) is 45.9 Å². The first kappa shape index (κ1) is 22.7. The van der Waals surface area contributed by atoms with Gasteiger partial charge in [0.1, 0.15) is 5.82 Å². The Hall–Kier alpha value is -2.94. The second-order valence-electron chi connectivity index (χ2n) is 7.75. The minimum atomic E-state index is -0.570. The van der Waals surface area contributed by atoms with Crippen LogP contribution < -0.4 is 16.0 Å². The maximum atomic E-state index is 13.6. The summed E-state index contributed by atoms with van der Waals surface area (Å²) in [4.78, 5) is 34.9.